The number of hydrogen-bond acceptors (Lipinski definition) is 3. The van der Waals surface area contributed by atoms with E-state index in [1.807, 2.05) is 103 Å². The molecule has 6 heteroatoms. The standard InChI is InChI=1S/C31H29N3O3/c1-30(2)31(3,4)34(37)29(33(30)36)32(35)28-26(23-16-10-6-11-17-23)20-25(22-14-8-5-9-15-22)21-27(28)24-18-12-7-13-19-24/h5-21H,1-4H3. The summed E-state index contributed by atoms with van der Waals surface area (Å²) in [5.41, 5.74) is 2.81. The first kappa shape index (κ1) is 24.6. The van der Waals surface area contributed by atoms with Gasteiger partial charge in [0.25, 0.3) is 0 Å². The molecule has 0 atom stereocenters. The monoisotopic (exact) mass is 491 g/mol. The SMILES string of the molecule is CC1(C)N([O])C(N([O])c2c(-c3ccccc3)cc(-c3ccccc3)cc2-c2ccccc2)=[N+]([O-])C1(C)C. The van der Waals surface area contributed by atoms with Crippen molar-refractivity contribution in [2.45, 2.75) is 38.8 Å². The van der Waals surface area contributed by atoms with Gasteiger partial charge in [-0.25, -0.2) is 0 Å². The molecule has 4 aromatic rings. The maximum absolute atomic E-state index is 14.3. The summed E-state index contributed by atoms with van der Waals surface area (Å²) in [4.78, 5) is 0. The zero-order valence-electron chi connectivity index (χ0n) is 21.4. The Morgan fingerprint density at radius 2 is 1.08 bits per heavy atom. The van der Waals surface area contributed by atoms with Crippen LogP contribution in [0.3, 0.4) is 0 Å². The number of benzene rings is 4. The lowest BCUT2D eigenvalue weighted by Crippen LogP contribution is -2.54. The molecule has 0 bridgehead atoms. The van der Waals surface area contributed by atoms with Crippen molar-refractivity contribution in [3.63, 3.8) is 0 Å². The lowest BCUT2D eigenvalue weighted by molar-refractivity contribution is -0.541. The first-order valence-electron chi connectivity index (χ1n) is 12.3. The van der Waals surface area contributed by atoms with Gasteiger partial charge in [0.1, 0.15) is 5.54 Å². The summed E-state index contributed by atoms with van der Waals surface area (Å²) < 4.78 is 0.557. The predicted molar refractivity (Wildman–Crippen MR) is 145 cm³/mol. The van der Waals surface area contributed by atoms with Gasteiger partial charge < -0.3 is 5.21 Å². The maximum Gasteiger partial charge on any atom is 0.419 e. The fraction of sp³-hybridized carbons (Fsp3) is 0.194. The van der Waals surface area contributed by atoms with E-state index in [4.69, 9.17) is 0 Å². The van der Waals surface area contributed by atoms with Crippen molar-refractivity contribution in [3.05, 3.63) is 108 Å². The molecule has 186 valence electrons. The summed E-state index contributed by atoms with van der Waals surface area (Å²) in [6, 6.07) is 33.0. The Morgan fingerprint density at radius 1 is 0.676 bits per heavy atom. The van der Waals surface area contributed by atoms with Crippen molar-refractivity contribution in [1.82, 2.24) is 5.06 Å². The highest BCUT2D eigenvalue weighted by molar-refractivity contribution is 6.03. The Balaban J connectivity index is 1.84. The van der Waals surface area contributed by atoms with Crippen molar-refractivity contribution in [3.8, 4) is 33.4 Å². The molecule has 0 spiro atoms. The summed E-state index contributed by atoms with van der Waals surface area (Å²) in [7, 11) is 0. The molecule has 0 saturated carbocycles. The number of rotatable bonds is 4. The van der Waals surface area contributed by atoms with Crippen molar-refractivity contribution >= 4 is 11.6 Å². The van der Waals surface area contributed by atoms with Gasteiger partial charge in [-0.1, -0.05) is 101 Å². The molecular formula is C31H29N3O3. The molecule has 37 heavy (non-hydrogen) atoms. The first-order valence-corrected chi connectivity index (χ1v) is 12.3. The average Bonchev–Trinajstić information content (AvgIpc) is 3.04. The van der Waals surface area contributed by atoms with Crippen molar-refractivity contribution in [1.29, 1.82) is 0 Å². The molecule has 1 heterocycles. The van der Waals surface area contributed by atoms with Crippen LogP contribution in [0.15, 0.2) is 103 Å². The number of hydrogen-bond donors (Lipinski definition) is 0. The average molecular weight is 492 g/mol. The van der Waals surface area contributed by atoms with Crippen LogP contribution in [0.4, 0.5) is 5.69 Å². The highest BCUT2D eigenvalue weighted by Gasteiger charge is 2.60. The van der Waals surface area contributed by atoms with Gasteiger partial charge in [0.15, 0.2) is 11.2 Å². The summed E-state index contributed by atoms with van der Waals surface area (Å²) in [5.74, 6) is -0.475. The lowest BCUT2D eigenvalue weighted by Gasteiger charge is -2.34. The van der Waals surface area contributed by atoms with Gasteiger partial charge in [0, 0.05) is 11.1 Å². The zero-order chi connectivity index (χ0) is 26.4. The second kappa shape index (κ2) is 9.07. The van der Waals surface area contributed by atoms with Gasteiger partial charge in [-0.15, -0.1) is 0 Å². The Hall–Kier alpha value is -4.13. The summed E-state index contributed by atoms with van der Waals surface area (Å²) in [5, 5.41) is 42.3. The van der Waals surface area contributed by atoms with E-state index in [0.29, 0.717) is 26.0 Å². The van der Waals surface area contributed by atoms with Crippen molar-refractivity contribution < 1.29 is 15.2 Å². The van der Waals surface area contributed by atoms with Crippen LogP contribution in [0.25, 0.3) is 33.4 Å². The number of anilines is 1. The van der Waals surface area contributed by atoms with Gasteiger partial charge in [-0.2, -0.15) is 0 Å². The van der Waals surface area contributed by atoms with Gasteiger partial charge in [-0.3, -0.25) is 4.74 Å². The molecule has 0 aliphatic carbocycles. The summed E-state index contributed by atoms with van der Waals surface area (Å²) in [6.45, 7) is 6.72. The molecule has 0 aromatic heterocycles. The molecule has 0 N–H and O–H groups in total. The molecule has 0 saturated heterocycles. The summed E-state index contributed by atoms with van der Waals surface area (Å²) in [6.07, 6.45) is 0. The van der Waals surface area contributed by atoms with Crippen LogP contribution in [0.2, 0.25) is 0 Å². The largest absolute Gasteiger partial charge is 0.744 e. The first-order chi connectivity index (χ1) is 17.6. The number of guanidine groups is 1. The molecule has 4 aromatic carbocycles. The zero-order valence-corrected chi connectivity index (χ0v) is 21.4. The Labute approximate surface area is 217 Å². The van der Waals surface area contributed by atoms with Crippen LogP contribution in [-0.4, -0.2) is 26.8 Å². The third-order valence-corrected chi connectivity index (χ3v) is 7.65. The normalized spacial score (nSPS) is 16.2. The molecule has 0 amide bonds. The second-order valence-electron chi connectivity index (χ2n) is 10.3. The molecule has 0 fully saturated rings. The minimum Gasteiger partial charge on any atom is -0.744 e. The molecule has 1 aliphatic heterocycles. The second-order valence-corrected chi connectivity index (χ2v) is 10.3. The maximum atomic E-state index is 14.3. The Morgan fingerprint density at radius 3 is 1.46 bits per heavy atom. The minimum atomic E-state index is -1.11. The van der Waals surface area contributed by atoms with Crippen LogP contribution in [-0.2, 0) is 10.4 Å². The van der Waals surface area contributed by atoms with Crippen molar-refractivity contribution in [2.24, 2.45) is 0 Å². The van der Waals surface area contributed by atoms with E-state index >= 15 is 0 Å². The topological polar surface area (TPSA) is 72.3 Å². The van der Waals surface area contributed by atoms with E-state index in [1.165, 1.54) is 0 Å². The highest BCUT2D eigenvalue weighted by atomic mass is 16.6. The summed E-state index contributed by atoms with van der Waals surface area (Å²) >= 11 is 0. The van der Waals surface area contributed by atoms with E-state index < -0.39 is 17.0 Å². The number of nitrogens with zero attached hydrogens (tertiary/aromatic N) is 3. The van der Waals surface area contributed by atoms with E-state index in [1.54, 1.807) is 27.7 Å². The minimum absolute atomic E-state index is 0.252. The predicted octanol–water partition coefficient (Wildman–Crippen LogP) is 6.92. The fourth-order valence-corrected chi connectivity index (χ4v) is 4.67. The Kier molecular flexibility index (Phi) is 6.02. The molecule has 0 unspecified atom stereocenters. The molecule has 1 aliphatic rings. The van der Waals surface area contributed by atoms with Gasteiger partial charge in [0.2, 0.25) is 0 Å². The van der Waals surface area contributed by atoms with Gasteiger partial charge in [0.05, 0.1) is 0 Å². The van der Waals surface area contributed by atoms with Crippen LogP contribution in [0.5, 0.6) is 0 Å². The Bertz CT molecular complexity index is 1390. The highest BCUT2D eigenvalue weighted by Crippen LogP contribution is 2.45. The lowest BCUT2D eigenvalue weighted by atomic mass is 9.84. The fourth-order valence-electron chi connectivity index (χ4n) is 4.67. The van der Waals surface area contributed by atoms with E-state index in [9.17, 15) is 15.6 Å². The van der Waals surface area contributed by atoms with Crippen LogP contribution in [0.1, 0.15) is 27.7 Å². The molecule has 6 nitrogen and oxygen atoms in total. The molecule has 5 rings (SSSR count). The van der Waals surface area contributed by atoms with Crippen molar-refractivity contribution in [2.75, 3.05) is 5.06 Å². The van der Waals surface area contributed by atoms with Gasteiger partial charge in [-0.05, 0) is 72.5 Å². The van der Waals surface area contributed by atoms with Crippen LogP contribution < -0.4 is 5.06 Å². The third-order valence-electron chi connectivity index (χ3n) is 7.65. The van der Waals surface area contributed by atoms with E-state index in [2.05, 4.69) is 0 Å². The third kappa shape index (κ3) is 3.95. The molecule has 2 radical (unpaired) electrons. The smallest absolute Gasteiger partial charge is 0.419 e. The quantitative estimate of drug-likeness (QED) is 0.177. The van der Waals surface area contributed by atoms with E-state index in [-0.39, 0.29) is 5.69 Å². The number of hydroxylamine groups is 4. The van der Waals surface area contributed by atoms with Gasteiger partial charge >= 0.3 is 5.96 Å². The van der Waals surface area contributed by atoms with E-state index in [0.717, 1.165) is 22.3 Å². The van der Waals surface area contributed by atoms with Crippen LogP contribution in [0, 0.1) is 5.21 Å². The van der Waals surface area contributed by atoms with Crippen LogP contribution >= 0.6 is 0 Å². The molecular weight excluding hydrogens is 462 g/mol.